The third kappa shape index (κ3) is 6.76. The van der Waals surface area contributed by atoms with Gasteiger partial charge in [-0.05, 0) is 24.3 Å². The first-order valence-electron chi connectivity index (χ1n) is 8.19. The molecule has 0 fully saturated rings. The van der Waals surface area contributed by atoms with Gasteiger partial charge < -0.3 is 4.74 Å². The van der Waals surface area contributed by atoms with Crippen molar-refractivity contribution in [2.24, 2.45) is 0 Å². The van der Waals surface area contributed by atoms with Crippen LogP contribution in [0.5, 0.6) is 0 Å². The van der Waals surface area contributed by atoms with Crippen LogP contribution in [0.4, 0.5) is 0 Å². The maximum Gasteiger partial charge on any atom is 0.308 e. The molecule has 2 nitrogen and oxygen atoms in total. The van der Waals surface area contributed by atoms with E-state index < -0.39 is 16.1 Å². The second-order valence-corrected chi connectivity index (χ2v) is 18.0. The molecular formula is C20H28O2Si2. The van der Waals surface area contributed by atoms with Crippen molar-refractivity contribution in [3.8, 4) is 11.5 Å². The smallest absolute Gasteiger partial charge is 0.308 e. The molecule has 0 bridgehead atoms. The zero-order chi connectivity index (χ0) is 18.5. The third-order valence-corrected chi connectivity index (χ3v) is 6.67. The molecule has 24 heavy (non-hydrogen) atoms. The molecule has 0 aromatic heterocycles. The number of hydrogen-bond acceptors (Lipinski definition) is 2. The summed E-state index contributed by atoms with van der Waals surface area (Å²) in [7, 11) is -3.00. The van der Waals surface area contributed by atoms with Crippen molar-refractivity contribution in [3.05, 3.63) is 46.3 Å². The highest BCUT2D eigenvalue weighted by molar-refractivity contribution is 6.84. The van der Waals surface area contributed by atoms with E-state index in [9.17, 15) is 4.79 Å². The molecule has 1 aromatic rings. The van der Waals surface area contributed by atoms with Crippen molar-refractivity contribution in [1.29, 1.82) is 0 Å². The second kappa shape index (κ2) is 7.85. The van der Waals surface area contributed by atoms with Crippen molar-refractivity contribution < 1.29 is 9.53 Å². The highest BCUT2D eigenvalue weighted by atomic mass is 28.3. The number of hydrogen-bond donors (Lipinski definition) is 0. The van der Waals surface area contributed by atoms with Crippen LogP contribution < -0.4 is 0 Å². The van der Waals surface area contributed by atoms with E-state index >= 15 is 0 Å². The number of ether oxygens (including phenoxy) is 1. The molecule has 0 aliphatic heterocycles. The van der Waals surface area contributed by atoms with Crippen molar-refractivity contribution >= 4 is 27.9 Å². The monoisotopic (exact) mass is 356 g/mol. The van der Waals surface area contributed by atoms with Gasteiger partial charge in [-0.2, -0.15) is 0 Å². The van der Waals surface area contributed by atoms with Crippen LogP contribution in [0, 0.1) is 11.5 Å². The Morgan fingerprint density at radius 2 is 1.58 bits per heavy atom. The summed E-state index contributed by atoms with van der Waals surface area (Å²) in [6.07, 6.45) is 0. The first-order chi connectivity index (χ1) is 10.9. The lowest BCUT2D eigenvalue weighted by Crippen LogP contribution is -2.21. The average Bonchev–Trinajstić information content (AvgIpc) is 2.42. The summed E-state index contributed by atoms with van der Waals surface area (Å²) in [6, 6.07) is 7.80. The van der Waals surface area contributed by atoms with E-state index in [0.29, 0.717) is 5.76 Å². The Labute approximate surface area is 148 Å². The molecule has 4 heteroatoms. The summed E-state index contributed by atoms with van der Waals surface area (Å²) in [5.41, 5.74) is 8.43. The Balaban J connectivity index is 3.60. The van der Waals surface area contributed by atoms with Crippen LogP contribution in [0.1, 0.15) is 25.0 Å². The maximum absolute atomic E-state index is 11.6. The quantitative estimate of drug-likeness (QED) is 0.243. The lowest BCUT2D eigenvalue weighted by atomic mass is 10.1. The van der Waals surface area contributed by atoms with Gasteiger partial charge in [0.1, 0.15) is 8.07 Å². The molecule has 0 unspecified atom stereocenters. The number of carbonyl (C=O) groups is 1. The Hall–Kier alpha value is -1.80. The fourth-order valence-electron chi connectivity index (χ4n) is 1.69. The predicted molar refractivity (Wildman–Crippen MR) is 108 cm³/mol. The highest BCUT2D eigenvalue weighted by Gasteiger charge is 2.17. The van der Waals surface area contributed by atoms with Gasteiger partial charge in [0, 0.05) is 18.1 Å². The summed E-state index contributed by atoms with van der Waals surface area (Å²) >= 11 is 0. The molecule has 0 spiro atoms. The van der Waals surface area contributed by atoms with Crippen LogP contribution in [-0.4, -0.2) is 22.1 Å². The molecule has 0 saturated carbocycles. The van der Waals surface area contributed by atoms with E-state index in [1.54, 1.807) is 0 Å². The largest absolute Gasteiger partial charge is 0.417 e. The minimum atomic E-state index is -1.51. The van der Waals surface area contributed by atoms with Gasteiger partial charge in [0.25, 0.3) is 0 Å². The van der Waals surface area contributed by atoms with Crippen LogP contribution in [0.3, 0.4) is 0 Å². The number of allylic oxidation sites excluding steroid dienone is 1. The normalized spacial score (nSPS) is 11.0. The minimum Gasteiger partial charge on any atom is -0.417 e. The molecule has 0 saturated heterocycles. The fraction of sp³-hybridized carbons (Fsp3) is 0.400. The van der Waals surface area contributed by atoms with Gasteiger partial charge >= 0.3 is 5.97 Å². The molecule has 1 aromatic carbocycles. The lowest BCUT2D eigenvalue weighted by Gasteiger charge is -2.15. The van der Waals surface area contributed by atoms with Gasteiger partial charge in [0.15, 0.2) is 5.76 Å². The summed E-state index contributed by atoms with van der Waals surface area (Å²) in [5, 5.41) is 1.16. The number of esters is 1. The molecule has 0 aliphatic rings. The molecule has 0 radical (unpaired) electrons. The molecule has 0 N–H and O–H groups in total. The predicted octanol–water partition coefficient (Wildman–Crippen LogP) is 5.24. The van der Waals surface area contributed by atoms with Crippen LogP contribution >= 0.6 is 0 Å². The maximum atomic E-state index is 11.6. The summed E-state index contributed by atoms with van der Waals surface area (Å²) in [6.45, 7) is 16.9. The van der Waals surface area contributed by atoms with Gasteiger partial charge in [-0.15, -0.1) is 5.54 Å². The van der Waals surface area contributed by atoms with Gasteiger partial charge in [0.05, 0.1) is 8.07 Å². The number of carbonyl (C=O) groups excluding carboxylic acids is 1. The zero-order valence-electron chi connectivity index (χ0n) is 16.1. The first kappa shape index (κ1) is 20.2. The van der Waals surface area contributed by atoms with Crippen molar-refractivity contribution in [1.82, 2.24) is 0 Å². The minimum absolute atomic E-state index is 0.339. The lowest BCUT2D eigenvalue weighted by molar-refractivity contribution is -0.134. The Bertz CT molecular complexity index is 744. The Morgan fingerprint density at radius 3 is 2.08 bits per heavy atom. The van der Waals surface area contributed by atoms with Gasteiger partial charge in [-0.25, -0.2) is 0 Å². The van der Waals surface area contributed by atoms with Crippen molar-refractivity contribution in [2.45, 2.75) is 53.1 Å². The van der Waals surface area contributed by atoms with Crippen LogP contribution in [0.15, 0.2) is 35.2 Å². The van der Waals surface area contributed by atoms with Crippen molar-refractivity contribution in [3.63, 3.8) is 0 Å². The second-order valence-electron chi connectivity index (χ2n) is 7.97. The highest BCUT2D eigenvalue weighted by Crippen LogP contribution is 2.22. The fourth-order valence-corrected chi connectivity index (χ4v) is 2.69. The molecule has 0 atom stereocenters. The molecule has 1 rings (SSSR count). The summed E-state index contributed by atoms with van der Waals surface area (Å²) in [5.74, 6) is 3.42. The van der Waals surface area contributed by atoms with Gasteiger partial charge in [-0.1, -0.05) is 63.1 Å². The zero-order valence-corrected chi connectivity index (χ0v) is 18.1. The summed E-state index contributed by atoms with van der Waals surface area (Å²) in [4.78, 5) is 11.6. The summed E-state index contributed by atoms with van der Waals surface area (Å²) < 4.78 is 5.49. The van der Waals surface area contributed by atoms with Gasteiger partial charge in [-0.3, -0.25) is 4.79 Å². The van der Waals surface area contributed by atoms with Gasteiger partial charge in [0.2, 0.25) is 0 Å². The third-order valence-electron chi connectivity index (χ3n) is 3.42. The van der Waals surface area contributed by atoms with Crippen LogP contribution in [-0.2, 0) is 9.53 Å². The molecular weight excluding hydrogens is 328 g/mol. The van der Waals surface area contributed by atoms with E-state index in [4.69, 9.17) is 4.74 Å². The SMILES string of the molecule is CC(=O)OC(=C=C(C)[Si](C)(C)C)c1ccccc1C#C[Si](C)(C)C. The van der Waals surface area contributed by atoms with E-state index in [1.165, 1.54) is 6.92 Å². The first-order valence-corrected chi connectivity index (χ1v) is 15.2. The van der Waals surface area contributed by atoms with Crippen LogP contribution in [0.25, 0.3) is 5.76 Å². The Kier molecular flexibility index (Phi) is 6.62. The van der Waals surface area contributed by atoms with E-state index in [0.717, 1.165) is 16.3 Å². The van der Waals surface area contributed by atoms with Crippen LogP contribution in [0.2, 0.25) is 39.3 Å². The number of rotatable bonds is 3. The molecule has 0 aliphatic carbocycles. The van der Waals surface area contributed by atoms with E-state index in [2.05, 4.69) is 63.4 Å². The standard InChI is InChI=1S/C20H28O2Si2/c1-16(24(6,7)8)15-20(22-17(2)21)19-12-10-9-11-18(19)13-14-23(3,4)5/h9-12H,1-8H3. The molecule has 128 valence electrons. The van der Waals surface area contributed by atoms with Crippen molar-refractivity contribution in [2.75, 3.05) is 0 Å². The average molecular weight is 357 g/mol. The topological polar surface area (TPSA) is 26.3 Å². The Morgan fingerprint density at radius 1 is 1.00 bits per heavy atom. The van der Waals surface area contributed by atoms with E-state index in [1.807, 2.05) is 24.3 Å². The number of benzene rings is 1. The van der Waals surface area contributed by atoms with E-state index in [-0.39, 0.29) is 5.97 Å². The molecule has 0 amide bonds. The molecule has 0 heterocycles.